The Hall–Kier alpha value is -3.90. The predicted octanol–water partition coefficient (Wildman–Crippen LogP) is 4.56. The van der Waals surface area contributed by atoms with Crippen LogP contribution in [0.3, 0.4) is 0 Å². The Balaban J connectivity index is 1.67. The van der Waals surface area contributed by atoms with Crippen molar-refractivity contribution >= 4 is 17.4 Å². The molecule has 3 aromatic carbocycles. The Morgan fingerprint density at radius 3 is 2.23 bits per heavy atom. The largest absolute Gasteiger partial charge is 0.507 e. The molecule has 0 aliphatic carbocycles. The fourth-order valence-electron chi connectivity index (χ4n) is 4.12. The number of ether oxygens (including phenoxy) is 1. The van der Waals surface area contributed by atoms with E-state index < -0.39 is 17.7 Å². The third-order valence-electron chi connectivity index (χ3n) is 6.10. The first kappa shape index (κ1) is 24.2. The molecule has 1 unspecified atom stereocenters. The summed E-state index contributed by atoms with van der Waals surface area (Å²) in [5.74, 6) is -0.752. The average molecular weight is 471 g/mol. The second-order valence-corrected chi connectivity index (χ2v) is 9.01. The van der Waals surface area contributed by atoms with E-state index in [1.54, 1.807) is 17.0 Å². The highest BCUT2D eigenvalue weighted by molar-refractivity contribution is 6.46. The van der Waals surface area contributed by atoms with E-state index in [1.807, 2.05) is 92.6 Å². The predicted molar refractivity (Wildman–Crippen MR) is 136 cm³/mol. The molecule has 0 aromatic heterocycles. The number of amides is 1. The van der Waals surface area contributed by atoms with Gasteiger partial charge < -0.3 is 19.6 Å². The van der Waals surface area contributed by atoms with E-state index in [1.165, 1.54) is 0 Å². The molecule has 1 atom stereocenters. The van der Waals surface area contributed by atoms with Crippen LogP contribution in [-0.2, 0) is 16.2 Å². The minimum Gasteiger partial charge on any atom is -0.507 e. The number of likely N-dealkylation sites (tertiary alicyclic amines) is 1. The molecule has 0 saturated carbocycles. The van der Waals surface area contributed by atoms with Crippen LogP contribution in [0.25, 0.3) is 5.76 Å². The number of rotatable bonds is 8. The van der Waals surface area contributed by atoms with E-state index >= 15 is 0 Å². The molecule has 180 valence electrons. The minimum atomic E-state index is -0.681. The number of Topliss-reactive ketones (excluding diaryl/α,β-unsaturated/α-hetero) is 1. The molecule has 6 nitrogen and oxygen atoms in total. The van der Waals surface area contributed by atoms with Crippen LogP contribution in [0.2, 0.25) is 0 Å². The maximum absolute atomic E-state index is 13.1. The lowest BCUT2D eigenvalue weighted by molar-refractivity contribution is -0.140. The smallest absolute Gasteiger partial charge is 0.295 e. The molecule has 1 aliphatic heterocycles. The van der Waals surface area contributed by atoms with Crippen LogP contribution in [0.4, 0.5) is 0 Å². The SMILES string of the molecule is Cc1ccc(/C(O)=C2/C(=O)C(=O)N(CCN(C)C)C2c2ccc(OCc3ccccc3)cc2)cc1. The molecule has 0 bridgehead atoms. The van der Waals surface area contributed by atoms with E-state index in [9.17, 15) is 14.7 Å². The highest BCUT2D eigenvalue weighted by Gasteiger charge is 2.45. The Bertz CT molecular complexity index is 1220. The van der Waals surface area contributed by atoms with Crippen molar-refractivity contribution in [2.24, 2.45) is 0 Å². The monoisotopic (exact) mass is 470 g/mol. The van der Waals surface area contributed by atoms with E-state index in [0.717, 1.165) is 16.7 Å². The normalized spacial score (nSPS) is 17.3. The maximum atomic E-state index is 13.1. The Labute approximate surface area is 206 Å². The molecule has 0 radical (unpaired) electrons. The number of hydrogen-bond acceptors (Lipinski definition) is 5. The van der Waals surface area contributed by atoms with E-state index in [4.69, 9.17) is 4.74 Å². The van der Waals surface area contributed by atoms with Gasteiger partial charge in [0.1, 0.15) is 18.1 Å². The fraction of sp³-hybridized carbons (Fsp3) is 0.241. The number of carbonyl (C=O) groups is 2. The first-order chi connectivity index (χ1) is 16.8. The summed E-state index contributed by atoms with van der Waals surface area (Å²) < 4.78 is 5.90. The third kappa shape index (κ3) is 5.44. The summed E-state index contributed by atoms with van der Waals surface area (Å²) >= 11 is 0. The van der Waals surface area contributed by atoms with Gasteiger partial charge in [0.25, 0.3) is 11.7 Å². The van der Waals surface area contributed by atoms with Crippen LogP contribution >= 0.6 is 0 Å². The topological polar surface area (TPSA) is 70.1 Å². The van der Waals surface area contributed by atoms with Gasteiger partial charge in [0.2, 0.25) is 0 Å². The molecule has 6 heteroatoms. The number of likely N-dealkylation sites (N-methyl/N-ethyl adjacent to an activating group) is 1. The van der Waals surface area contributed by atoms with Gasteiger partial charge in [-0.15, -0.1) is 0 Å². The minimum absolute atomic E-state index is 0.107. The van der Waals surface area contributed by atoms with Crippen molar-refractivity contribution in [1.29, 1.82) is 0 Å². The summed E-state index contributed by atoms with van der Waals surface area (Å²) in [6.07, 6.45) is 0. The van der Waals surface area contributed by atoms with Gasteiger partial charge in [-0.1, -0.05) is 72.3 Å². The van der Waals surface area contributed by atoms with Gasteiger partial charge in [-0.25, -0.2) is 0 Å². The number of nitrogens with zero attached hydrogens (tertiary/aromatic N) is 2. The zero-order chi connectivity index (χ0) is 24.9. The van der Waals surface area contributed by atoms with Gasteiger partial charge in [0.05, 0.1) is 11.6 Å². The highest BCUT2D eigenvalue weighted by atomic mass is 16.5. The van der Waals surface area contributed by atoms with Crippen LogP contribution in [0, 0.1) is 6.92 Å². The number of aliphatic hydroxyl groups excluding tert-OH is 1. The summed E-state index contributed by atoms with van der Waals surface area (Å²) in [7, 11) is 3.83. The zero-order valence-corrected chi connectivity index (χ0v) is 20.3. The van der Waals surface area contributed by atoms with Crippen molar-refractivity contribution in [2.45, 2.75) is 19.6 Å². The van der Waals surface area contributed by atoms with Crippen molar-refractivity contribution in [3.8, 4) is 5.75 Å². The average Bonchev–Trinajstić information content (AvgIpc) is 3.12. The summed E-state index contributed by atoms with van der Waals surface area (Å²) in [6.45, 7) is 3.34. The lowest BCUT2D eigenvalue weighted by Gasteiger charge is -2.26. The van der Waals surface area contributed by atoms with Crippen LogP contribution in [0.15, 0.2) is 84.4 Å². The quantitative estimate of drug-likeness (QED) is 0.297. The summed E-state index contributed by atoms with van der Waals surface area (Å²) in [6, 6.07) is 23.8. The lowest BCUT2D eigenvalue weighted by Crippen LogP contribution is -2.35. The van der Waals surface area contributed by atoms with Crippen LogP contribution in [-0.4, -0.2) is 53.8 Å². The van der Waals surface area contributed by atoms with Gasteiger partial charge in [-0.3, -0.25) is 9.59 Å². The molecule has 1 saturated heterocycles. The number of aliphatic hydroxyl groups is 1. The molecule has 1 N–H and O–H groups in total. The molecule has 0 spiro atoms. The number of benzene rings is 3. The summed E-state index contributed by atoms with van der Waals surface area (Å²) in [4.78, 5) is 29.6. The van der Waals surface area contributed by atoms with Crippen molar-refractivity contribution in [3.63, 3.8) is 0 Å². The number of carbonyl (C=O) groups excluding carboxylic acids is 2. The first-order valence-corrected chi connectivity index (χ1v) is 11.6. The molecule has 3 aromatic rings. The second-order valence-electron chi connectivity index (χ2n) is 9.01. The fourth-order valence-corrected chi connectivity index (χ4v) is 4.12. The standard InChI is InChI=1S/C29H30N2O4/c1-20-9-11-23(12-10-20)27(32)25-26(31(18-17-30(2)3)29(34)28(25)33)22-13-15-24(16-14-22)35-19-21-7-5-4-6-8-21/h4-16,26,32H,17-19H2,1-3H3/b27-25-. The molecule has 1 aliphatic rings. The van der Waals surface area contributed by atoms with Crippen molar-refractivity contribution in [3.05, 3.63) is 107 Å². The van der Waals surface area contributed by atoms with Crippen molar-refractivity contribution < 1.29 is 19.4 Å². The second kappa shape index (κ2) is 10.6. The van der Waals surface area contributed by atoms with Crippen LogP contribution < -0.4 is 4.74 Å². The molecular formula is C29H30N2O4. The van der Waals surface area contributed by atoms with Crippen LogP contribution in [0.5, 0.6) is 5.75 Å². The zero-order valence-electron chi connectivity index (χ0n) is 20.3. The van der Waals surface area contributed by atoms with Crippen LogP contribution in [0.1, 0.15) is 28.3 Å². The molecule has 1 fully saturated rings. The summed E-state index contributed by atoms with van der Waals surface area (Å²) in [5, 5.41) is 11.1. The maximum Gasteiger partial charge on any atom is 0.295 e. The Kier molecular flexibility index (Phi) is 7.32. The van der Waals surface area contributed by atoms with Crippen molar-refractivity contribution in [2.75, 3.05) is 27.2 Å². The van der Waals surface area contributed by atoms with Gasteiger partial charge in [0, 0.05) is 18.7 Å². The van der Waals surface area contributed by atoms with E-state index in [0.29, 0.717) is 31.0 Å². The summed E-state index contributed by atoms with van der Waals surface area (Å²) in [5.41, 5.74) is 3.45. The van der Waals surface area contributed by atoms with E-state index in [-0.39, 0.29) is 11.3 Å². The molecular weight excluding hydrogens is 440 g/mol. The molecule has 4 rings (SSSR count). The lowest BCUT2D eigenvalue weighted by atomic mass is 9.95. The molecule has 35 heavy (non-hydrogen) atoms. The van der Waals surface area contributed by atoms with Gasteiger partial charge in [-0.05, 0) is 44.3 Å². The first-order valence-electron chi connectivity index (χ1n) is 11.6. The number of hydrogen-bond donors (Lipinski definition) is 1. The highest BCUT2D eigenvalue weighted by Crippen LogP contribution is 2.39. The van der Waals surface area contributed by atoms with E-state index in [2.05, 4.69) is 0 Å². The molecule has 1 amide bonds. The Morgan fingerprint density at radius 2 is 1.60 bits per heavy atom. The van der Waals surface area contributed by atoms with Gasteiger partial charge in [0.15, 0.2) is 0 Å². The van der Waals surface area contributed by atoms with Gasteiger partial charge >= 0.3 is 0 Å². The van der Waals surface area contributed by atoms with Crippen molar-refractivity contribution in [1.82, 2.24) is 9.80 Å². The third-order valence-corrected chi connectivity index (χ3v) is 6.10. The number of ketones is 1. The van der Waals surface area contributed by atoms with Gasteiger partial charge in [-0.2, -0.15) is 0 Å². The number of aryl methyl sites for hydroxylation is 1. The Morgan fingerprint density at radius 1 is 0.943 bits per heavy atom. The molecule has 1 heterocycles.